The van der Waals surface area contributed by atoms with Gasteiger partial charge in [0.1, 0.15) is 12.4 Å². The lowest BCUT2D eigenvalue weighted by Crippen LogP contribution is -2.11. The predicted octanol–water partition coefficient (Wildman–Crippen LogP) is 2.94. The van der Waals surface area contributed by atoms with E-state index in [1.165, 1.54) is 25.4 Å². The lowest BCUT2D eigenvalue weighted by molar-refractivity contribution is 0.0926. The van der Waals surface area contributed by atoms with E-state index in [1.54, 1.807) is 0 Å². The summed E-state index contributed by atoms with van der Waals surface area (Å²) in [4.78, 5) is 26.3. The molecule has 22 heavy (non-hydrogen) atoms. The van der Waals surface area contributed by atoms with Gasteiger partial charge in [-0.3, -0.25) is 0 Å². The first-order valence-electron chi connectivity index (χ1n) is 6.28. The Kier molecular flexibility index (Phi) is 5.31. The molecule has 7 heteroatoms. The number of aromatic nitrogens is 1. The number of hydrogen-bond acceptors (Lipinski definition) is 7. The van der Waals surface area contributed by atoms with Crippen LogP contribution >= 0.6 is 0 Å². The molecule has 0 saturated heterocycles. The summed E-state index contributed by atoms with van der Waals surface area (Å²) in [7, 11) is 1.17. The topological polar surface area (TPSA) is 84.0 Å². The Morgan fingerprint density at radius 2 is 1.82 bits per heavy atom. The molecule has 0 spiro atoms. The number of ether oxygens (including phenoxy) is 4. The molecule has 0 aliphatic carbocycles. The van der Waals surface area contributed by atoms with Crippen molar-refractivity contribution in [3.8, 4) is 11.6 Å². The Morgan fingerprint density at radius 3 is 2.55 bits per heavy atom. The molecule has 7 nitrogen and oxygen atoms in total. The zero-order valence-electron chi connectivity index (χ0n) is 11.7. The number of hydrogen-bond donors (Lipinski definition) is 0. The molecule has 0 fully saturated rings. The monoisotopic (exact) mass is 303 g/mol. The van der Waals surface area contributed by atoms with Gasteiger partial charge >= 0.3 is 12.3 Å². The van der Waals surface area contributed by atoms with E-state index in [1.807, 2.05) is 30.3 Å². The summed E-state index contributed by atoms with van der Waals surface area (Å²) in [5, 5.41) is 0. The van der Waals surface area contributed by atoms with E-state index < -0.39 is 12.3 Å². The summed E-state index contributed by atoms with van der Waals surface area (Å²) in [6, 6.07) is 11.9. The minimum Gasteiger partial charge on any atom is -0.437 e. The molecule has 2 aromatic rings. The number of carbonyl (C=O) groups excluding carboxylic acids is 2. The fourth-order valence-electron chi connectivity index (χ4n) is 1.48. The number of pyridine rings is 1. The highest BCUT2D eigenvalue weighted by Gasteiger charge is 2.10. The lowest BCUT2D eigenvalue weighted by atomic mass is 10.2. The first-order chi connectivity index (χ1) is 10.7. The Morgan fingerprint density at radius 1 is 1.05 bits per heavy atom. The van der Waals surface area contributed by atoms with Crippen molar-refractivity contribution >= 4 is 12.3 Å². The molecular weight excluding hydrogens is 290 g/mol. The van der Waals surface area contributed by atoms with Crippen molar-refractivity contribution in [1.82, 2.24) is 4.98 Å². The SMILES string of the molecule is COC(=O)Oc1cc(OC(=O)OCc2ccccc2)ccn1. The molecule has 0 aliphatic heterocycles. The highest BCUT2D eigenvalue weighted by Crippen LogP contribution is 2.17. The average molecular weight is 303 g/mol. The number of benzene rings is 1. The molecule has 0 saturated carbocycles. The molecule has 0 unspecified atom stereocenters. The second-order valence-corrected chi connectivity index (χ2v) is 4.01. The van der Waals surface area contributed by atoms with Crippen molar-refractivity contribution in [1.29, 1.82) is 0 Å². The normalized spacial score (nSPS) is 9.68. The van der Waals surface area contributed by atoms with Gasteiger partial charge in [0.05, 0.1) is 7.11 Å². The summed E-state index contributed by atoms with van der Waals surface area (Å²) < 4.78 is 19.0. The maximum Gasteiger partial charge on any atom is 0.514 e. The molecule has 0 radical (unpaired) electrons. The fourth-order valence-corrected chi connectivity index (χ4v) is 1.48. The molecule has 0 bridgehead atoms. The first kappa shape index (κ1) is 15.3. The van der Waals surface area contributed by atoms with E-state index in [-0.39, 0.29) is 18.2 Å². The van der Waals surface area contributed by atoms with E-state index in [4.69, 9.17) is 14.2 Å². The van der Waals surface area contributed by atoms with Crippen molar-refractivity contribution in [2.75, 3.05) is 7.11 Å². The van der Waals surface area contributed by atoms with Gasteiger partial charge in [0.2, 0.25) is 5.88 Å². The Balaban J connectivity index is 1.88. The van der Waals surface area contributed by atoms with Crippen molar-refractivity contribution in [3.05, 3.63) is 54.2 Å². The minimum absolute atomic E-state index is 0.0554. The third-order valence-electron chi connectivity index (χ3n) is 2.46. The molecule has 2 rings (SSSR count). The zero-order valence-corrected chi connectivity index (χ0v) is 11.7. The van der Waals surface area contributed by atoms with E-state index in [0.717, 1.165) is 5.56 Å². The highest BCUT2D eigenvalue weighted by atomic mass is 16.7. The van der Waals surface area contributed by atoms with Crippen LogP contribution in [0.2, 0.25) is 0 Å². The van der Waals surface area contributed by atoms with Gasteiger partial charge in [-0.2, -0.15) is 0 Å². The third-order valence-corrected chi connectivity index (χ3v) is 2.46. The quantitative estimate of drug-likeness (QED) is 0.803. The number of carbonyl (C=O) groups is 2. The van der Waals surface area contributed by atoms with E-state index >= 15 is 0 Å². The molecule has 1 aromatic carbocycles. The van der Waals surface area contributed by atoms with Gasteiger partial charge in [-0.05, 0) is 11.6 Å². The van der Waals surface area contributed by atoms with Gasteiger partial charge in [-0.25, -0.2) is 14.6 Å². The summed E-state index contributed by atoms with van der Waals surface area (Å²) >= 11 is 0. The van der Waals surface area contributed by atoms with E-state index in [0.29, 0.717) is 0 Å². The van der Waals surface area contributed by atoms with Crippen LogP contribution in [0, 0.1) is 0 Å². The van der Waals surface area contributed by atoms with Crippen molar-refractivity contribution < 1.29 is 28.5 Å². The molecular formula is C15H13NO6. The minimum atomic E-state index is -0.920. The Bertz CT molecular complexity index is 643. The van der Waals surface area contributed by atoms with Crippen LogP contribution in [0.5, 0.6) is 11.6 Å². The molecule has 114 valence electrons. The van der Waals surface area contributed by atoms with Crippen molar-refractivity contribution in [3.63, 3.8) is 0 Å². The Hall–Kier alpha value is -3.09. The van der Waals surface area contributed by atoms with Crippen LogP contribution < -0.4 is 9.47 Å². The first-order valence-corrected chi connectivity index (χ1v) is 6.28. The van der Waals surface area contributed by atoms with Gasteiger partial charge < -0.3 is 18.9 Å². The summed E-state index contributed by atoms with van der Waals surface area (Å²) in [5.74, 6) is 0.0761. The standard InChI is InChI=1S/C15H13NO6/c1-19-14(17)22-13-9-12(7-8-16-13)21-15(18)20-10-11-5-3-2-4-6-11/h2-9H,10H2,1H3. The van der Waals surface area contributed by atoms with Gasteiger partial charge in [-0.15, -0.1) is 0 Å². The molecule has 0 amide bonds. The van der Waals surface area contributed by atoms with Crippen molar-refractivity contribution in [2.24, 2.45) is 0 Å². The molecule has 0 atom stereocenters. The number of methoxy groups -OCH3 is 1. The molecule has 0 N–H and O–H groups in total. The maximum absolute atomic E-state index is 11.6. The van der Waals surface area contributed by atoms with E-state index in [9.17, 15) is 9.59 Å². The van der Waals surface area contributed by atoms with E-state index in [2.05, 4.69) is 9.72 Å². The van der Waals surface area contributed by atoms with Crippen molar-refractivity contribution in [2.45, 2.75) is 6.61 Å². The van der Waals surface area contributed by atoms with Gasteiger partial charge in [0, 0.05) is 12.3 Å². The summed E-state index contributed by atoms with van der Waals surface area (Å²) in [6.45, 7) is 0.0935. The Labute approximate surface area is 126 Å². The second-order valence-electron chi connectivity index (χ2n) is 4.01. The van der Waals surface area contributed by atoms with Gasteiger partial charge in [-0.1, -0.05) is 30.3 Å². The van der Waals surface area contributed by atoms with Crippen LogP contribution in [0.4, 0.5) is 9.59 Å². The summed E-state index contributed by atoms with van der Waals surface area (Å²) in [6.07, 6.45) is -0.478. The molecule has 0 aliphatic rings. The van der Waals surface area contributed by atoms with Gasteiger partial charge in [0.15, 0.2) is 0 Å². The summed E-state index contributed by atoms with van der Waals surface area (Å²) in [5.41, 5.74) is 0.837. The number of nitrogens with zero attached hydrogens (tertiary/aromatic N) is 1. The smallest absolute Gasteiger partial charge is 0.437 e. The third kappa shape index (κ3) is 4.78. The zero-order chi connectivity index (χ0) is 15.8. The maximum atomic E-state index is 11.6. The highest BCUT2D eigenvalue weighted by molar-refractivity contribution is 5.65. The van der Waals surface area contributed by atoms with Crippen LogP contribution in [-0.2, 0) is 16.1 Å². The van der Waals surface area contributed by atoms with Crippen LogP contribution in [0.25, 0.3) is 0 Å². The average Bonchev–Trinajstić information content (AvgIpc) is 2.54. The van der Waals surface area contributed by atoms with Crippen LogP contribution in [0.3, 0.4) is 0 Å². The van der Waals surface area contributed by atoms with Crippen LogP contribution in [0.15, 0.2) is 48.7 Å². The van der Waals surface area contributed by atoms with Crippen LogP contribution in [-0.4, -0.2) is 24.4 Å². The van der Waals surface area contributed by atoms with Crippen LogP contribution in [0.1, 0.15) is 5.56 Å². The lowest BCUT2D eigenvalue weighted by Gasteiger charge is -2.07. The molecule has 1 aromatic heterocycles. The largest absolute Gasteiger partial charge is 0.514 e. The second kappa shape index (κ2) is 7.63. The fraction of sp³-hybridized carbons (Fsp3) is 0.133. The van der Waals surface area contributed by atoms with Gasteiger partial charge in [0.25, 0.3) is 0 Å². The molecule has 1 heterocycles. The number of rotatable bonds is 4. The predicted molar refractivity (Wildman–Crippen MR) is 74.5 cm³/mol.